The van der Waals surface area contributed by atoms with Gasteiger partial charge in [-0.15, -0.1) is 5.10 Å². The Morgan fingerprint density at radius 2 is 2.16 bits per heavy atom. The molecule has 102 valence electrons. The van der Waals surface area contributed by atoms with E-state index in [9.17, 15) is 10.2 Å². The summed E-state index contributed by atoms with van der Waals surface area (Å²) in [5, 5.41) is 30.9. The molecule has 0 aliphatic carbocycles. The SMILES string of the molecule is COCCCn1nnnc1-c1ccc(O)c(Br)c1O. The first-order valence-electron chi connectivity index (χ1n) is 5.61. The number of aromatic hydroxyl groups is 2. The maximum absolute atomic E-state index is 10.0. The van der Waals surface area contributed by atoms with Crippen molar-refractivity contribution in [3.8, 4) is 22.9 Å². The van der Waals surface area contributed by atoms with E-state index in [1.807, 2.05) is 0 Å². The van der Waals surface area contributed by atoms with Gasteiger partial charge >= 0.3 is 0 Å². The van der Waals surface area contributed by atoms with E-state index < -0.39 is 0 Å². The van der Waals surface area contributed by atoms with E-state index in [0.717, 1.165) is 6.42 Å². The summed E-state index contributed by atoms with van der Waals surface area (Å²) in [6.07, 6.45) is 0.758. The fourth-order valence-corrected chi connectivity index (χ4v) is 1.99. The summed E-state index contributed by atoms with van der Waals surface area (Å²) >= 11 is 3.11. The number of benzene rings is 1. The second-order valence-electron chi connectivity index (χ2n) is 3.87. The van der Waals surface area contributed by atoms with E-state index >= 15 is 0 Å². The zero-order chi connectivity index (χ0) is 13.8. The predicted octanol–water partition coefficient (Wildman–Crippen LogP) is 1.55. The first-order chi connectivity index (χ1) is 9.15. The number of halogens is 1. The number of hydrogen-bond donors (Lipinski definition) is 2. The van der Waals surface area contributed by atoms with Gasteiger partial charge in [0.1, 0.15) is 16.0 Å². The summed E-state index contributed by atoms with van der Waals surface area (Å²) in [4.78, 5) is 0. The number of rotatable bonds is 5. The molecule has 0 bridgehead atoms. The molecule has 8 heteroatoms. The molecule has 7 nitrogen and oxygen atoms in total. The third kappa shape index (κ3) is 2.85. The van der Waals surface area contributed by atoms with E-state index in [2.05, 4.69) is 31.5 Å². The third-order valence-corrected chi connectivity index (χ3v) is 3.37. The van der Waals surface area contributed by atoms with Crippen LogP contribution in [0.15, 0.2) is 16.6 Å². The van der Waals surface area contributed by atoms with Gasteiger partial charge in [-0.1, -0.05) is 0 Å². The summed E-state index contributed by atoms with van der Waals surface area (Å²) in [6, 6.07) is 3.03. The van der Waals surface area contributed by atoms with Gasteiger partial charge in [-0.3, -0.25) is 0 Å². The second kappa shape index (κ2) is 5.98. The Morgan fingerprint density at radius 3 is 2.89 bits per heavy atom. The Hall–Kier alpha value is -1.67. The van der Waals surface area contributed by atoms with Crippen molar-refractivity contribution in [1.82, 2.24) is 20.2 Å². The smallest absolute Gasteiger partial charge is 0.185 e. The lowest BCUT2D eigenvalue weighted by molar-refractivity contribution is 0.189. The normalized spacial score (nSPS) is 10.8. The van der Waals surface area contributed by atoms with E-state index in [1.54, 1.807) is 17.9 Å². The second-order valence-corrected chi connectivity index (χ2v) is 4.66. The fraction of sp³-hybridized carbons (Fsp3) is 0.364. The molecule has 0 radical (unpaired) electrons. The monoisotopic (exact) mass is 328 g/mol. The van der Waals surface area contributed by atoms with Crippen molar-refractivity contribution in [2.24, 2.45) is 0 Å². The zero-order valence-electron chi connectivity index (χ0n) is 10.2. The molecule has 0 amide bonds. The van der Waals surface area contributed by atoms with Crippen molar-refractivity contribution >= 4 is 15.9 Å². The first kappa shape index (κ1) is 13.8. The van der Waals surface area contributed by atoms with Crippen molar-refractivity contribution in [1.29, 1.82) is 0 Å². The highest BCUT2D eigenvalue weighted by Gasteiger charge is 2.16. The van der Waals surface area contributed by atoms with Crippen LogP contribution in [0.4, 0.5) is 0 Å². The number of phenolic OH excluding ortho intramolecular Hbond substituents is 2. The number of phenols is 2. The molecule has 1 aromatic heterocycles. The summed E-state index contributed by atoms with van der Waals surface area (Å²) in [6.45, 7) is 1.18. The van der Waals surface area contributed by atoms with Crippen LogP contribution in [0.25, 0.3) is 11.4 Å². The molecule has 2 N–H and O–H groups in total. The van der Waals surface area contributed by atoms with Crippen molar-refractivity contribution in [3.05, 3.63) is 16.6 Å². The number of nitrogens with zero attached hydrogens (tertiary/aromatic N) is 4. The molecule has 0 saturated heterocycles. The molecule has 0 saturated carbocycles. The first-order valence-corrected chi connectivity index (χ1v) is 6.40. The Kier molecular flexibility index (Phi) is 4.33. The van der Waals surface area contributed by atoms with Crippen LogP contribution in [0, 0.1) is 0 Å². The maximum Gasteiger partial charge on any atom is 0.185 e. The minimum absolute atomic E-state index is 0.0420. The van der Waals surface area contributed by atoms with Crippen molar-refractivity contribution < 1.29 is 14.9 Å². The van der Waals surface area contributed by atoms with Crippen LogP contribution in [0.5, 0.6) is 11.5 Å². The molecule has 2 aromatic rings. The number of ether oxygens (including phenoxy) is 1. The Balaban J connectivity index is 2.32. The quantitative estimate of drug-likeness (QED) is 0.809. The van der Waals surface area contributed by atoms with Crippen molar-refractivity contribution in [3.63, 3.8) is 0 Å². The topological polar surface area (TPSA) is 93.3 Å². The van der Waals surface area contributed by atoms with Crippen molar-refractivity contribution in [2.45, 2.75) is 13.0 Å². The molecule has 2 rings (SSSR count). The molecule has 0 aliphatic rings. The van der Waals surface area contributed by atoms with Crippen LogP contribution in [-0.4, -0.2) is 44.1 Å². The van der Waals surface area contributed by atoms with Crippen LogP contribution in [0.2, 0.25) is 0 Å². The van der Waals surface area contributed by atoms with Gasteiger partial charge in [-0.05, 0) is 44.9 Å². The average Bonchev–Trinajstić information content (AvgIpc) is 2.85. The van der Waals surface area contributed by atoms with Gasteiger partial charge in [0.25, 0.3) is 0 Å². The van der Waals surface area contributed by atoms with Gasteiger partial charge in [0.2, 0.25) is 0 Å². The maximum atomic E-state index is 10.0. The Labute approximate surface area is 118 Å². The standard InChI is InChI=1S/C11H13BrN4O3/c1-19-6-2-5-16-11(13-14-15-16)7-3-4-8(17)9(12)10(7)18/h3-4,17-18H,2,5-6H2,1H3. The van der Waals surface area contributed by atoms with Crippen LogP contribution in [0.3, 0.4) is 0 Å². The van der Waals surface area contributed by atoms with Crippen molar-refractivity contribution in [2.75, 3.05) is 13.7 Å². The number of aryl methyl sites for hydroxylation is 1. The van der Waals surface area contributed by atoms with E-state index in [0.29, 0.717) is 24.5 Å². The third-order valence-electron chi connectivity index (χ3n) is 2.59. The van der Waals surface area contributed by atoms with Gasteiger partial charge in [0, 0.05) is 20.3 Å². The van der Waals surface area contributed by atoms with E-state index in [1.165, 1.54) is 6.07 Å². The zero-order valence-corrected chi connectivity index (χ0v) is 11.8. The van der Waals surface area contributed by atoms with E-state index in [-0.39, 0.29) is 16.0 Å². The highest BCUT2D eigenvalue weighted by molar-refractivity contribution is 9.10. The Morgan fingerprint density at radius 1 is 1.37 bits per heavy atom. The lowest BCUT2D eigenvalue weighted by atomic mass is 10.2. The average molecular weight is 329 g/mol. The molecular weight excluding hydrogens is 316 g/mol. The van der Waals surface area contributed by atoms with Crippen LogP contribution >= 0.6 is 15.9 Å². The molecule has 19 heavy (non-hydrogen) atoms. The minimum atomic E-state index is -0.0946. The predicted molar refractivity (Wildman–Crippen MR) is 70.8 cm³/mol. The fourth-order valence-electron chi connectivity index (χ4n) is 1.64. The van der Waals surface area contributed by atoms with E-state index in [4.69, 9.17) is 4.74 Å². The number of aromatic nitrogens is 4. The largest absolute Gasteiger partial charge is 0.507 e. The Bertz CT molecular complexity index is 573. The number of hydrogen-bond acceptors (Lipinski definition) is 6. The summed E-state index contributed by atoms with van der Waals surface area (Å²) in [5.74, 6) is 0.303. The molecular formula is C11H13BrN4O3. The highest BCUT2D eigenvalue weighted by atomic mass is 79.9. The van der Waals surface area contributed by atoms with Gasteiger partial charge < -0.3 is 14.9 Å². The lowest BCUT2D eigenvalue weighted by Gasteiger charge is -2.08. The van der Waals surface area contributed by atoms with Gasteiger partial charge in [0.05, 0.1) is 5.56 Å². The molecule has 1 aromatic carbocycles. The molecule has 0 atom stereocenters. The number of methoxy groups -OCH3 is 1. The van der Waals surface area contributed by atoms with Gasteiger partial charge in [0.15, 0.2) is 5.82 Å². The molecule has 1 heterocycles. The highest BCUT2D eigenvalue weighted by Crippen LogP contribution is 2.39. The molecule has 0 unspecified atom stereocenters. The molecule has 0 spiro atoms. The summed E-state index contributed by atoms with van der Waals surface area (Å²) < 4.78 is 6.77. The van der Waals surface area contributed by atoms with Crippen LogP contribution in [-0.2, 0) is 11.3 Å². The van der Waals surface area contributed by atoms with Gasteiger partial charge in [-0.25, -0.2) is 4.68 Å². The summed E-state index contributed by atoms with van der Waals surface area (Å²) in [7, 11) is 1.63. The van der Waals surface area contributed by atoms with Crippen LogP contribution in [0.1, 0.15) is 6.42 Å². The lowest BCUT2D eigenvalue weighted by Crippen LogP contribution is -2.05. The van der Waals surface area contributed by atoms with Crippen LogP contribution < -0.4 is 0 Å². The number of tetrazole rings is 1. The minimum Gasteiger partial charge on any atom is -0.507 e. The molecule has 0 aliphatic heterocycles. The molecule has 0 fully saturated rings. The van der Waals surface area contributed by atoms with Gasteiger partial charge in [-0.2, -0.15) is 0 Å². The summed E-state index contributed by atoms with van der Waals surface area (Å²) in [5.41, 5.74) is 0.451.